The molecule has 36 heavy (non-hydrogen) atoms. The topological polar surface area (TPSA) is 99.8 Å². The lowest BCUT2D eigenvalue weighted by atomic mass is 9.88. The van der Waals surface area contributed by atoms with Crippen molar-refractivity contribution in [1.82, 2.24) is 9.62 Å². The van der Waals surface area contributed by atoms with Crippen molar-refractivity contribution in [3.63, 3.8) is 0 Å². The van der Waals surface area contributed by atoms with Crippen molar-refractivity contribution in [1.29, 1.82) is 0 Å². The van der Waals surface area contributed by atoms with Gasteiger partial charge in [-0.1, -0.05) is 45.1 Å². The molecule has 4 rings (SSSR count). The number of nitrogens with two attached hydrogens (primary N) is 1. The lowest BCUT2D eigenvalue weighted by Crippen LogP contribution is -2.47. The molecule has 1 unspecified atom stereocenters. The van der Waals surface area contributed by atoms with Crippen LogP contribution in [-0.2, 0) is 9.59 Å². The molecule has 0 radical (unpaired) electrons. The maximum atomic E-state index is 12.9. The van der Waals surface area contributed by atoms with E-state index in [0.29, 0.717) is 5.92 Å². The predicted octanol–water partition coefficient (Wildman–Crippen LogP) is 4.79. The number of piperidine rings is 1. The van der Waals surface area contributed by atoms with Gasteiger partial charge in [0.15, 0.2) is 0 Å². The molecule has 1 aromatic carbocycles. The Labute approximate surface area is 219 Å². The fourth-order valence-corrected chi connectivity index (χ4v) is 6.20. The van der Waals surface area contributed by atoms with E-state index in [9.17, 15) is 9.59 Å². The van der Waals surface area contributed by atoms with Gasteiger partial charge in [-0.25, -0.2) is 4.31 Å². The van der Waals surface area contributed by atoms with Crippen molar-refractivity contribution < 1.29 is 9.59 Å². The Kier molecular flexibility index (Phi) is 8.58. The van der Waals surface area contributed by atoms with E-state index in [1.165, 1.54) is 19.3 Å². The first-order valence-electron chi connectivity index (χ1n) is 13.4. The van der Waals surface area contributed by atoms with E-state index in [2.05, 4.69) is 40.3 Å². The monoisotopic (exact) mass is 511 g/mol. The minimum absolute atomic E-state index is 0.0879. The van der Waals surface area contributed by atoms with Gasteiger partial charge < -0.3 is 16.4 Å². The van der Waals surface area contributed by atoms with Crippen molar-refractivity contribution in [2.75, 3.05) is 18.4 Å². The van der Waals surface area contributed by atoms with Crippen LogP contribution in [-0.4, -0.2) is 46.6 Å². The number of amidine groups is 1. The molecule has 0 aromatic heterocycles. The summed E-state index contributed by atoms with van der Waals surface area (Å²) in [6.07, 6.45) is 9.75. The summed E-state index contributed by atoms with van der Waals surface area (Å²) in [6.45, 7) is 9.67. The van der Waals surface area contributed by atoms with Crippen LogP contribution in [0.4, 0.5) is 5.69 Å². The van der Waals surface area contributed by atoms with Gasteiger partial charge in [0.1, 0.15) is 11.4 Å². The third kappa shape index (κ3) is 6.03. The molecule has 1 saturated heterocycles. The Morgan fingerprint density at radius 2 is 1.83 bits per heavy atom. The molecule has 1 atom stereocenters. The Balaban J connectivity index is 1.32. The first kappa shape index (κ1) is 26.9. The fourth-order valence-electron chi connectivity index (χ4n) is 5.43. The summed E-state index contributed by atoms with van der Waals surface area (Å²) >= 11 is 1.69. The molecule has 3 aliphatic rings. The first-order valence-corrected chi connectivity index (χ1v) is 14.2. The quantitative estimate of drug-likeness (QED) is 0.457. The van der Waals surface area contributed by atoms with Gasteiger partial charge in [-0.15, -0.1) is 0 Å². The number of nitrogens with zero attached hydrogens (tertiary/aromatic N) is 2. The minimum Gasteiger partial charge on any atom is -0.325 e. The molecule has 2 heterocycles. The number of aliphatic imine (C=N–C) groups is 1. The molecule has 8 heteroatoms. The summed E-state index contributed by atoms with van der Waals surface area (Å²) in [5.41, 5.74) is 9.55. The normalized spacial score (nSPS) is 21.7. The van der Waals surface area contributed by atoms with Crippen molar-refractivity contribution >= 4 is 41.4 Å². The maximum Gasteiger partial charge on any atom is 0.253 e. The van der Waals surface area contributed by atoms with Gasteiger partial charge in [0.2, 0.25) is 5.91 Å². The van der Waals surface area contributed by atoms with Crippen LogP contribution >= 0.6 is 11.9 Å². The second-order valence-corrected chi connectivity index (χ2v) is 11.9. The van der Waals surface area contributed by atoms with Crippen LogP contribution in [0.3, 0.4) is 0 Å². The number of anilines is 1. The molecular weight excluding hydrogens is 470 g/mol. The number of hydrogen-bond donors (Lipinski definition) is 3. The lowest BCUT2D eigenvalue weighted by molar-refractivity contribution is -0.125. The summed E-state index contributed by atoms with van der Waals surface area (Å²) in [6, 6.07) is 3.46. The van der Waals surface area contributed by atoms with E-state index in [1.807, 2.05) is 26.0 Å². The van der Waals surface area contributed by atoms with Crippen LogP contribution in [0.25, 0.3) is 6.08 Å². The third-order valence-corrected chi connectivity index (χ3v) is 8.79. The van der Waals surface area contributed by atoms with E-state index in [1.54, 1.807) is 11.9 Å². The van der Waals surface area contributed by atoms with Gasteiger partial charge in [-0.2, -0.15) is 0 Å². The van der Waals surface area contributed by atoms with Gasteiger partial charge in [0.25, 0.3) is 5.91 Å². The van der Waals surface area contributed by atoms with Crippen molar-refractivity contribution in [3.8, 4) is 0 Å². The Morgan fingerprint density at radius 3 is 2.44 bits per heavy atom. The number of carbonyl (C=O) groups is 2. The number of hydrogen-bond acceptors (Lipinski definition) is 6. The Bertz CT molecular complexity index is 1010. The Hall–Kier alpha value is -2.16. The number of amides is 2. The summed E-state index contributed by atoms with van der Waals surface area (Å²) in [5.74, 6) is 1.44. The van der Waals surface area contributed by atoms with E-state index < -0.39 is 11.6 Å². The summed E-state index contributed by atoms with van der Waals surface area (Å²) in [7, 11) is 0. The van der Waals surface area contributed by atoms with Crippen LogP contribution in [0.2, 0.25) is 0 Å². The van der Waals surface area contributed by atoms with Crippen molar-refractivity contribution in [2.45, 2.75) is 84.2 Å². The number of nitrogens with one attached hydrogen (secondary N) is 2. The summed E-state index contributed by atoms with van der Waals surface area (Å²) in [5, 5.41) is 8.21. The van der Waals surface area contributed by atoms with Crippen molar-refractivity contribution in [2.24, 2.45) is 22.6 Å². The van der Waals surface area contributed by atoms with Gasteiger partial charge in [-0.3, -0.25) is 14.6 Å². The molecule has 1 saturated carbocycles. The van der Waals surface area contributed by atoms with E-state index in [4.69, 9.17) is 10.7 Å². The molecular formula is C28H41N5O2S. The number of aryl methyl sites for hydroxylation is 2. The zero-order valence-electron chi connectivity index (χ0n) is 22.1. The number of carbonyl (C=O) groups excluding carboxylic acids is 2. The van der Waals surface area contributed by atoms with Gasteiger partial charge in [0, 0.05) is 24.7 Å². The van der Waals surface area contributed by atoms with E-state index in [0.717, 1.165) is 67.0 Å². The highest BCUT2D eigenvalue weighted by Crippen LogP contribution is 2.36. The fraction of sp³-hybridized carbons (Fsp3) is 0.607. The highest BCUT2D eigenvalue weighted by Gasteiger charge is 2.46. The molecule has 196 valence electrons. The van der Waals surface area contributed by atoms with E-state index >= 15 is 0 Å². The highest BCUT2D eigenvalue weighted by atomic mass is 32.2. The minimum atomic E-state index is -0.556. The molecule has 4 N–H and O–H groups in total. The molecule has 0 bridgehead atoms. The van der Waals surface area contributed by atoms with Crippen LogP contribution in [0.15, 0.2) is 22.5 Å². The van der Waals surface area contributed by atoms with Gasteiger partial charge in [-0.05, 0) is 85.8 Å². The molecule has 1 spiro atoms. The zero-order chi connectivity index (χ0) is 25.9. The van der Waals surface area contributed by atoms with Crippen molar-refractivity contribution in [3.05, 3.63) is 34.2 Å². The SMILES string of the molecule is Cc1cc(NC(=O)C(N)C(C)C)cc(C)c1/C=C/SN1CCC2(CC1)N=C(C1CCCCC1)NC2=O. The van der Waals surface area contributed by atoms with Crippen LogP contribution in [0.5, 0.6) is 0 Å². The molecule has 2 aliphatic heterocycles. The predicted molar refractivity (Wildman–Crippen MR) is 150 cm³/mol. The van der Waals surface area contributed by atoms with Gasteiger partial charge >= 0.3 is 0 Å². The number of rotatable bonds is 7. The second-order valence-electron chi connectivity index (χ2n) is 10.9. The highest BCUT2D eigenvalue weighted by molar-refractivity contribution is 8.00. The number of benzene rings is 1. The standard InChI is InChI=1S/C28H41N5O2S/c1-18(2)24(29)26(34)30-22-16-19(3)23(20(4)17-22)10-15-36-33-13-11-28(12-14-33)27(35)31-25(32-28)21-8-6-5-7-9-21/h10,15-18,21,24H,5-9,11-14,29H2,1-4H3,(H,30,34)(H,31,32,35)/b15-10+. The lowest BCUT2D eigenvalue weighted by Gasteiger charge is -2.34. The average molecular weight is 512 g/mol. The largest absolute Gasteiger partial charge is 0.325 e. The molecule has 7 nitrogen and oxygen atoms in total. The molecule has 2 fully saturated rings. The maximum absolute atomic E-state index is 12.9. The zero-order valence-corrected chi connectivity index (χ0v) is 22.9. The molecule has 1 aromatic rings. The Morgan fingerprint density at radius 1 is 1.19 bits per heavy atom. The molecule has 1 aliphatic carbocycles. The first-order chi connectivity index (χ1) is 17.2. The summed E-state index contributed by atoms with van der Waals surface area (Å²) in [4.78, 5) is 30.2. The smallest absolute Gasteiger partial charge is 0.253 e. The average Bonchev–Trinajstić information content (AvgIpc) is 3.17. The van der Waals surface area contributed by atoms with E-state index in [-0.39, 0.29) is 17.7 Å². The summed E-state index contributed by atoms with van der Waals surface area (Å²) < 4.78 is 2.32. The van der Waals surface area contributed by atoms with Crippen LogP contribution < -0.4 is 16.4 Å². The second kappa shape index (κ2) is 11.5. The van der Waals surface area contributed by atoms with Gasteiger partial charge in [0.05, 0.1) is 6.04 Å². The third-order valence-electron chi connectivity index (χ3n) is 7.87. The molecule has 2 amide bonds. The van der Waals surface area contributed by atoms with Crippen LogP contribution in [0.1, 0.15) is 75.5 Å². The van der Waals surface area contributed by atoms with Crippen LogP contribution in [0, 0.1) is 25.7 Å².